The average Bonchev–Trinajstić information content (AvgIpc) is 2.55. The Morgan fingerprint density at radius 1 is 1.64 bits per heavy atom. The van der Waals surface area contributed by atoms with Gasteiger partial charge >= 0.3 is 0 Å². The number of nitrogens with one attached hydrogen (secondary N) is 2. The normalized spacial score (nSPS) is 10.5. The van der Waals surface area contributed by atoms with Crippen molar-refractivity contribution in [3.05, 3.63) is 12.2 Å². The molecule has 0 atom stereocenters. The first-order chi connectivity index (χ1) is 6.68. The number of hydrogen-bond acceptors (Lipinski definition) is 4. The molecule has 0 saturated carbocycles. The van der Waals surface area contributed by atoms with E-state index >= 15 is 0 Å². The van der Waals surface area contributed by atoms with E-state index in [1.165, 1.54) is 6.33 Å². The van der Waals surface area contributed by atoms with Crippen LogP contribution in [-0.4, -0.2) is 53.2 Å². The monoisotopic (exact) mass is 197 g/mol. The summed E-state index contributed by atoms with van der Waals surface area (Å²) in [6, 6.07) is 0. The molecular weight excluding hydrogens is 182 g/mol. The molecule has 1 rings (SSSR count). The van der Waals surface area contributed by atoms with E-state index in [9.17, 15) is 4.79 Å². The maximum absolute atomic E-state index is 11.2. The second-order valence-corrected chi connectivity index (χ2v) is 3.27. The van der Waals surface area contributed by atoms with Crippen molar-refractivity contribution >= 4 is 5.91 Å². The maximum atomic E-state index is 11.2. The van der Waals surface area contributed by atoms with E-state index in [4.69, 9.17) is 0 Å². The topological polar surface area (TPSA) is 73.9 Å². The van der Waals surface area contributed by atoms with Crippen molar-refractivity contribution in [2.75, 3.05) is 27.2 Å². The van der Waals surface area contributed by atoms with Crippen LogP contribution in [0.15, 0.2) is 6.33 Å². The van der Waals surface area contributed by atoms with Crippen LogP contribution in [0.5, 0.6) is 0 Å². The predicted molar refractivity (Wildman–Crippen MR) is 51.7 cm³/mol. The first kappa shape index (κ1) is 10.6. The third kappa shape index (κ3) is 3.99. The molecule has 1 aromatic rings. The SMILES string of the molecule is CN(C)CC(=O)NCCc1ncn[nH]1. The van der Waals surface area contributed by atoms with Crippen molar-refractivity contribution in [2.24, 2.45) is 0 Å². The fraction of sp³-hybridized carbons (Fsp3) is 0.625. The number of amides is 1. The van der Waals surface area contributed by atoms with Gasteiger partial charge in [-0.1, -0.05) is 0 Å². The van der Waals surface area contributed by atoms with E-state index in [2.05, 4.69) is 20.5 Å². The zero-order valence-corrected chi connectivity index (χ0v) is 8.45. The molecular formula is C8H15N5O. The molecule has 0 saturated heterocycles. The van der Waals surface area contributed by atoms with E-state index < -0.39 is 0 Å². The van der Waals surface area contributed by atoms with Crippen molar-refractivity contribution < 1.29 is 4.79 Å². The predicted octanol–water partition coefficient (Wildman–Crippen LogP) is -0.975. The summed E-state index contributed by atoms with van der Waals surface area (Å²) in [5.41, 5.74) is 0. The van der Waals surface area contributed by atoms with Gasteiger partial charge in [0.25, 0.3) is 0 Å². The van der Waals surface area contributed by atoms with Crippen LogP contribution in [0.3, 0.4) is 0 Å². The number of hydrogen-bond donors (Lipinski definition) is 2. The van der Waals surface area contributed by atoms with Gasteiger partial charge in [0.2, 0.25) is 5.91 Å². The Morgan fingerprint density at radius 3 is 3.00 bits per heavy atom. The van der Waals surface area contributed by atoms with Crippen LogP contribution in [0, 0.1) is 0 Å². The van der Waals surface area contributed by atoms with Crippen LogP contribution in [0.1, 0.15) is 5.82 Å². The Balaban J connectivity index is 2.12. The average molecular weight is 197 g/mol. The lowest BCUT2D eigenvalue weighted by atomic mass is 10.4. The van der Waals surface area contributed by atoms with Gasteiger partial charge in [0.15, 0.2) is 0 Å². The molecule has 6 heteroatoms. The second-order valence-electron chi connectivity index (χ2n) is 3.27. The van der Waals surface area contributed by atoms with Crippen molar-refractivity contribution in [3.63, 3.8) is 0 Å². The molecule has 0 radical (unpaired) electrons. The van der Waals surface area contributed by atoms with Gasteiger partial charge in [-0.25, -0.2) is 4.98 Å². The molecule has 78 valence electrons. The molecule has 0 aliphatic rings. The minimum atomic E-state index is 0.0227. The highest BCUT2D eigenvalue weighted by molar-refractivity contribution is 5.77. The summed E-state index contributed by atoms with van der Waals surface area (Å²) in [7, 11) is 3.71. The summed E-state index contributed by atoms with van der Waals surface area (Å²) < 4.78 is 0. The third-order valence-electron chi connectivity index (χ3n) is 1.61. The molecule has 0 aromatic carbocycles. The first-order valence-electron chi connectivity index (χ1n) is 4.44. The fourth-order valence-electron chi connectivity index (χ4n) is 1.01. The highest BCUT2D eigenvalue weighted by atomic mass is 16.1. The zero-order valence-electron chi connectivity index (χ0n) is 8.45. The maximum Gasteiger partial charge on any atom is 0.234 e. The van der Waals surface area contributed by atoms with Gasteiger partial charge in [0.05, 0.1) is 6.54 Å². The van der Waals surface area contributed by atoms with Gasteiger partial charge in [0, 0.05) is 13.0 Å². The Morgan fingerprint density at radius 2 is 2.43 bits per heavy atom. The van der Waals surface area contributed by atoms with Crippen LogP contribution in [0.2, 0.25) is 0 Å². The van der Waals surface area contributed by atoms with Gasteiger partial charge in [-0.3, -0.25) is 9.89 Å². The fourth-order valence-corrected chi connectivity index (χ4v) is 1.01. The minimum absolute atomic E-state index is 0.0227. The largest absolute Gasteiger partial charge is 0.355 e. The Bertz CT molecular complexity index is 269. The standard InChI is InChI=1S/C8H15N5O/c1-13(2)5-8(14)9-4-3-7-10-6-11-12-7/h6H,3-5H2,1-2H3,(H,9,14)(H,10,11,12). The van der Waals surface area contributed by atoms with Crippen LogP contribution < -0.4 is 5.32 Å². The lowest BCUT2D eigenvalue weighted by Crippen LogP contribution is -2.34. The number of nitrogens with zero attached hydrogens (tertiary/aromatic N) is 3. The number of likely N-dealkylation sites (N-methyl/N-ethyl adjacent to an activating group) is 1. The molecule has 0 fully saturated rings. The first-order valence-corrected chi connectivity index (χ1v) is 4.44. The van der Waals surface area contributed by atoms with Crippen molar-refractivity contribution in [1.82, 2.24) is 25.4 Å². The molecule has 2 N–H and O–H groups in total. The van der Waals surface area contributed by atoms with Gasteiger partial charge in [-0.05, 0) is 14.1 Å². The zero-order chi connectivity index (χ0) is 10.4. The Labute approximate surface area is 82.7 Å². The molecule has 0 spiro atoms. The Hall–Kier alpha value is -1.43. The molecule has 14 heavy (non-hydrogen) atoms. The quantitative estimate of drug-likeness (QED) is 0.636. The molecule has 0 aliphatic carbocycles. The smallest absolute Gasteiger partial charge is 0.234 e. The lowest BCUT2D eigenvalue weighted by Gasteiger charge is -2.09. The number of aromatic nitrogens is 3. The van der Waals surface area contributed by atoms with Gasteiger partial charge < -0.3 is 10.2 Å². The van der Waals surface area contributed by atoms with Crippen LogP contribution in [-0.2, 0) is 11.2 Å². The molecule has 0 bridgehead atoms. The molecule has 1 heterocycles. The molecule has 1 amide bonds. The Kier molecular flexibility index (Phi) is 4.06. The van der Waals surface area contributed by atoms with Crippen molar-refractivity contribution in [3.8, 4) is 0 Å². The summed E-state index contributed by atoms with van der Waals surface area (Å²) in [5.74, 6) is 0.810. The third-order valence-corrected chi connectivity index (χ3v) is 1.61. The summed E-state index contributed by atoms with van der Waals surface area (Å²) in [6.45, 7) is 0.998. The van der Waals surface area contributed by atoms with Crippen molar-refractivity contribution in [1.29, 1.82) is 0 Å². The minimum Gasteiger partial charge on any atom is -0.355 e. The van der Waals surface area contributed by atoms with E-state index in [1.807, 2.05) is 19.0 Å². The number of carbonyl (C=O) groups excluding carboxylic acids is 1. The van der Waals surface area contributed by atoms with Gasteiger partial charge in [-0.2, -0.15) is 5.10 Å². The highest BCUT2D eigenvalue weighted by Crippen LogP contribution is 1.85. The second kappa shape index (κ2) is 5.33. The van der Waals surface area contributed by atoms with E-state index in [0.29, 0.717) is 19.5 Å². The van der Waals surface area contributed by atoms with Gasteiger partial charge in [0.1, 0.15) is 12.2 Å². The number of carbonyl (C=O) groups is 1. The van der Waals surface area contributed by atoms with Crippen molar-refractivity contribution in [2.45, 2.75) is 6.42 Å². The lowest BCUT2D eigenvalue weighted by molar-refractivity contribution is -0.121. The van der Waals surface area contributed by atoms with Crippen LogP contribution in [0.25, 0.3) is 0 Å². The van der Waals surface area contributed by atoms with Gasteiger partial charge in [-0.15, -0.1) is 0 Å². The number of rotatable bonds is 5. The summed E-state index contributed by atoms with van der Waals surface area (Å²) in [5, 5.41) is 9.22. The molecule has 0 unspecified atom stereocenters. The van der Waals surface area contributed by atoms with Crippen LogP contribution >= 0.6 is 0 Å². The van der Waals surface area contributed by atoms with E-state index in [0.717, 1.165) is 5.82 Å². The summed E-state index contributed by atoms with van der Waals surface area (Å²) in [6.07, 6.45) is 2.14. The van der Waals surface area contributed by atoms with E-state index in [-0.39, 0.29) is 5.91 Å². The van der Waals surface area contributed by atoms with Crippen LogP contribution in [0.4, 0.5) is 0 Å². The highest BCUT2D eigenvalue weighted by Gasteiger charge is 2.02. The summed E-state index contributed by atoms with van der Waals surface area (Å²) in [4.78, 5) is 17.0. The number of aromatic amines is 1. The number of H-pyrrole nitrogens is 1. The molecule has 1 aromatic heterocycles. The molecule has 0 aliphatic heterocycles. The molecule has 6 nitrogen and oxygen atoms in total. The summed E-state index contributed by atoms with van der Waals surface area (Å²) >= 11 is 0. The van der Waals surface area contributed by atoms with E-state index in [1.54, 1.807) is 0 Å².